The second-order valence-corrected chi connectivity index (χ2v) is 8.71. The molecule has 4 N–H and O–H groups in total. The minimum atomic E-state index is -0.395. The molecule has 2 heterocycles. The van der Waals surface area contributed by atoms with Crippen molar-refractivity contribution in [2.24, 2.45) is 5.73 Å². The molecule has 0 aliphatic carbocycles. The van der Waals surface area contributed by atoms with Gasteiger partial charge < -0.3 is 25.7 Å². The van der Waals surface area contributed by atoms with Crippen molar-refractivity contribution < 1.29 is 14.3 Å². The van der Waals surface area contributed by atoms with E-state index in [1.54, 1.807) is 7.11 Å². The Kier molecular flexibility index (Phi) is 5.94. The summed E-state index contributed by atoms with van der Waals surface area (Å²) in [6.07, 6.45) is 1.07. The summed E-state index contributed by atoms with van der Waals surface area (Å²) in [5.41, 5.74) is 10.7. The molecule has 3 aromatic carbocycles. The fourth-order valence-electron chi connectivity index (χ4n) is 4.74. The molecule has 2 amide bonds. The number of rotatable bonds is 5. The Morgan fingerprint density at radius 2 is 1.88 bits per heavy atom. The molecule has 0 saturated carbocycles. The van der Waals surface area contributed by atoms with Crippen molar-refractivity contribution >= 4 is 33.6 Å². The predicted octanol–water partition coefficient (Wildman–Crippen LogP) is 3.46. The lowest BCUT2D eigenvalue weighted by Gasteiger charge is -2.19. The molecule has 1 aliphatic heterocycles. The number of carbonyl (C=O) groups is 2. The number of fused-ring (bicyclic) bond motifs is 3. The highest BCUT2D eigenvalue weighted by Crippen LogP contribution is 2.34. The number of aromatic amines is 1. The summed E-state index contributed by atoms with van der Waals surface area (Å²) >= 11 is 0. The number of hydrogen-bond donors (Lipinski definition) is 3. The highest BCUT2D eigenvalue weighted by Gasteiger charge is 2.19. The molecule has 174 valence electrons. The monoisotopic (exact) mass is 456 g/mol. The van der Waals surface area contributed by atoms with Crippen LogP contribution < -0.4 is 15.8 Å². The Bertz CT molecular complexity index is 1380. The Morgan fingerprint density at radius 3 is 2.71 bits per heavy atom. The summed E-state index contributed by atoms with van der Waals surface area (Å²) in [7, 11) is 1.64. The lowest BCUT2D eigenvalue weighted by Crippen LogP contribution is -2.34. The number of ether oxygens (including phenoxy) is 1. The van der Waals surface area contributed by atoms with Crippen LogP contribution in [0, 0.1) is 0 Å². The summed E-state index contributed by atoms with van der Waals surface area (Å²) in [6.45, 7) is 3.20. The largest absolute Gasteiger partial charge is 0.497 e. The number of aromatic nitrogens is 1. The van der Waals surface area contributed by atoms with Crippen LogP contribution in [0.15, 0.2) is 54.6 Å². The molecule has 7 nitrogen and oxygen atoms in total. The van der Waals surface area contributed by atoms with Crippen molar-refractivity contribution in [3.63, 3.8) is 0 Å². The van der Waals surface area contributed by atoms with Crippen LogP contribution in [0.25, 0.3) is 32.9 Å². The van der Waals surface area contributed by atoms with Crippen LogP contribution in [0.3, 0.4) is 0 Å². The number of methoxy groups -OCH3 is 1. The van der Waals surface area contributed by atoms with Crippen molar-refractivity contribution in [3.05, 3.63) is 65.7 Å². The standard InChI is InChI=1S/C27H28N4O3/c1-34-21-5-2-4-17(13-21)19-12-20(16-25(28)32)26-23(14-19)22-7-6-18(15-24(22)30-26)27(33)31-10-3-8-29-9-11-31/h2,4-7,12-15,29-30H,3,8-11,16H2,1H3,(H2,28,32). The van der Waals surface area contributed by atoms with E-state index in [1.807, 2.05) is 53.4 Å². The van der Waals surface area contributed by atoms with Crippen LogP contribution in [-0.4, -0.2) is 55.0 Å². The zero-order valence-electron chi connectivity index (χ0n) is 19.2. The molecule has 1 fully saturated rings. The summed E-state index contributed by atoms with van der Waals surface area (Å²) in [5.74, 6) is 0.409. The molecule has 0 bridgehead atoms. The van der Waals surface area contributed by atoms with Crippen LogP contribution in [0.1, 0.15) is 22.3 Å². The topological polar surface area (TPSA) is 100 Å². The van der Waals surface area contributed by atoms with Crippen LogP contribution in [0.4, 0.5) is 0 Å². The molecule has 7 heteroatoms. The number of carbonyl (C=O) groups excluding carboxylic acids is 2. The third-order valence-electron chi connectivity index (χ3n) is 6.43. The minimum absolute atomic E-state index is 0.0404. The zero-order valence-corrected chi connectivity index (χ0v) is 19.2. The van der Waals surface area contributed by atoms with E-state index in [0.29, 0.717) is 12.1 Å². The van der Waals surface area contributed by atoms with Gasteiger partial charge in [0.1, 0.15) is 5.75 Å². The quantitative estimate of drug-likeness (QED) is 0.428. The van der Waals surface area contributed by atoms with E-state index in [1.165, 1.54) is 0 Å². The first-order chi connectivity index (χ1) is 16.5. The first kappa shape index (κ1) is 22.0. The highest BCUT2D eigenvalue weighted by atomic mass is 16.5. The normalized spacial score (nSPS) is 14.3. The number of hydrogen-bond acceptors (Lipinski definition) is 4. The first-order valence-corrected chi connectivity index (χ1v) is 11.5. The van der Waals surface area contributed by atoms with Gasteiger partial charge in [-0.3, -0.25) is 9.59 Å². The molecular weight excluding hydrogens is 428 g/mol. The van der Waals surface area contributed by atoms with Crippen molar-refractivity contribution in [1.29, 1.82) is 0 Å². The molecule has 1 saturated heterocycles. The van der Waals surface area contributed by atoms with E-state index in [2.05, 4.69) is 16.4 Å². The van der Waals surface area contributed by atoms with Gasteiger partial charge in [-0.25, -0.2) is 0 Å². The van der Waals surface area contributed by atoms with Gasteiger partial charge in [0, 0.05) is 41.5 Å². The maximum atomic E-state index is 13.1. The van der Waals surface area contributed by atoms with Gasteiger partial charge >= 0.3 is 0 Å². The SMILES string of the molecule is COc1cccc(-c2cc(CC(N)=O)c3[nH]c4cc(C(=O)N5CCCNCC5)ccc4c3c2)c1. The average molecular weight is 457 g/mol. The zero-order chi connectivity index (χ0) is 23.7. The fourth-order valence-corrected chi connectivity index (χ4v) is 4.74. The van der Waals surface area contributed by atoms with E-state index in [-0.39, 0.29) is 12.3 Å². The Morgan fingerprint density at radius 1 is 1.00 bits per heavy atom. The molecule has 5 rings (SSSR count). The van der Waals surface area contributed by atoms with E-state index in [9.17, 15) is 9.59 Å². The molecular formula is C27H28N4O3. The second-order valence-electron chi connectivity index (χ2n) is 8.71. The van der Waals surface area contributed by atoms with E-state index in [4.69, 9.17) is 10.5 Å². The van der Waals surface area contributed by atoms with Crippen molar-refractivity contribution in [2.45, 2.75) is 12.8 Å². The van der Waals surface area contributed by atoms with Crippen LogP contribution in [0.5, 0.6) is 5.75 Å². The number of benzene rings is 3. The molecule has 4 aromatic rings. The Balaban J connectivity index is 1.62. The van der Waals surface area contributed by atoms with Gasteiger partial charge in [-0.2, -0.15) is 0 Å². The second kappa shape index (κ2) is 9.19. The highest BCUT2D eigenvalue weighted by molar-refractivity contribution is 6.12. The Hall–Kier alpha value is -3.84. The fraction of sp³-hybridized carbons (Fsp3) is 0.259. The number of H-pyrrole nitrogens is 1. The molecule has 1 aromatic heterocycles. The van der Waals surface area contributed by atoms with Crippen molar-refractivity contribution in [1.82, 2.24) is 15.2 Å². The predicted molar refractivity (Wildman–Crippen MR) is 134 cm³/mol. The number of nitrogens with zero attached hydrogens (tertiary/aromatic N) is 1. The summed E-state index contributed by atoms with van der Waals surface area (Å²) in [6, 6.07) is 17.7. The third-order valence-corrected chi connectivity index (χ3v) is 6.43. The van der Waals surface area contributed by atoms with Crippen LogP contribution in [0.2, 0.25) is 0 Å². The molecule has 34 heavy (non-hydrogen) atoms. The average Bonchev–Trinajstić information content (AvgIpc) is 3.01. The molecule has 0 atom stereocenters. The van der Waals surface area contributed by atoms with Gasteiger partial charge in [0.25, 0.3) is 5.91 Å². The third kappa shape index (κ3) is 4.22. The number of nitrogens with one attached hydrogen (secondary N) is 2. The van der Waals surface area contributed by atoms with Gasteiger partial charge in [-0.15, -0.1) is 0 Å². The van der Waals surface area contributed by atoms with Crippen LogP contribution >= 0.6 is 0 Å². The molecule has 0 spiro atoms. The minimum Gasteiger partial charge on any atom is -0.497 e. The molecule has 1 aliphatic rings. The summed E-state index contributed by atoms with van der Waals surface area (Å²) < 4.78 is 5.39. The maximum Gasteiger partial charge on any atom is 0.253 e. The number of nitrogens with two attached hydrogens (primary N) is 1. The lowest BCUT2D eigenvalue weighted by molar-refractivity contribution is -0.117. The lowest BCUT2D eigenvalue weighted by atomic mass is 9.97. The van der Waals surface area contributed by atoms with Crippen molar-refractivity contribution in [2.75, 3.05) is 33.3 Å². The number of primary amides is 1. The van der Waals surface area contributed by atoms with Gasteiger partial charge in [0.15, 0.2) is 0 Å². The van der Waals surface area contributed by atoms with E-state index in [0.717, 1.165) is 70.3 Å². The van der Waals surface area contributed by atoms with Gasteiger partial charge in [-0.05, 0) is 66.1 Å². The van der Waals surface area contributed by atoms with Crippen molar-refractivity contribution in [3.8, 4) is 16.9 Å². The van der Waals surface area contributed by atoms with Gasteiger partial charge in [-0.1, -0.05) is 18.2 Å². The first-order valence-electron chi connectivity index (χ1n) is 11.5. The number of amides is 2. The smallest absolute Gasteiger partial charge is 0.253 e. The van der Waals surface area contributed by atoms with Gasteiger partial charge in [0.05, 0.1) is 19.0 Å². The van der Waals surface area contributed by atoms with E-state index < -0.39 is 5.91 Å². The Labute approximate surface area is 197 Å². The van der Waals surface area contributed by atoms with Gasteiger partial charge in [0.2, 0.25) is 5.91 Å². The maximum absolute atomic E-state index is 13.1. The summed E-state index contributed by atoms with van der Waals surface area (Å²) in [4.78, 5) is 30.3. The van der Waals surface area contributed by atoms with Crippen LogP contribution in [-0.2, 0) is 11.2 Å². The molecule has 0 unspecified atom stereocenters. The molecule has 0 radical (unpaired) electrons. The summed E-state index contributed by atoms with van der Waals surface area (Å²) in [5, 5.41) is 5.32. The van der Waals surface area contributed by atoms with E-state index >= 15 is 0 Å².